The Balaban J connectivity index is 1.70. The van der Waals surface area contributed by atoms with Crippen molar-refractivity contribution in [2.45, 2.75) is 39.7 Å². The number of fused-ring (bicyclic) bond motifs is 4. The lowest BCUT2D eigenvalue weighted by Crippen LogP contribution is -2.48. The maximum Gasteiger partial charge on any atom is 0.251 e. The van der Waals surface area contributed by atoms with Crippen LogP contribution in [0.3, 0.4) is 0 Å². The Morgan fingerprint density at radius 3 is 2.60 bits per heavy atom. The number of rotatable bonds is 3. The van der Waals surface area contributed by atoms with E-state index in [1.807, 2.05) is 23.9 Å². The van der Waals surface area contributed by atoms with Gasteiger partial charge in [0.2, 0.25) is 0 Å². The lowest BCUT2D eigenvalue weighted by Gasteiger charge is -2.43. The zero-order valence-electron chi connectivity index (χ0n) is 15.3. The van der Waals surface area contributed by atoms with Crippen molar-refractivity contribution >= 4 is 0 Å². The number of nitrogens with zero attached hydrogens (tertiary/aromatic N) is 4. The van der Waals surface area contributed by atoms with E-state index in [-0.39, 0.29) is 5.56 Å². The van der Waals surface area contributed by atoms with Gasteiger partial charge in [0.1, 0.15) is 5.82 Å². The Morgan fingerprint density at radius 1 is 1.12 bits per heavy atom. The number of hydrogen-bond donors (Lipinski definition) is 0. The highest BCUT2D eigenvalue weighted by Crippen LogP contribution is 2.36. The summed E-state index contributed by atoms with van der Waals surface area (Å²) in [5.74, 6) is 2.47. The van der Waals surface area contributed by atoms with Crippen LogP contribution in [0.2, 0.25) is 0 Å². The average Bonchev–Trinajstić information content (AvgIpc) is 2.55. The first kappa shape index (κ1) is 16.5. The van der Waals surface area contributed by atoms with Crippen LogP contribution in [0, 0.1) is 18.8 Å². The molecule has 0 N–H and O–H groups in total. The molecule has 0 aliphatic carbocycles. The molecule has 2 aliphatic rings. The van der Waals surface area contributed by atoms with Crippen LogP contribution in [-0.2, 0) is 6.54 Å². The average molecular weight is 338 g/mol. The molecule has 2 bridgehead atoms. The van der Waals surface area contributed by atoms with E-state index in [2.05, 4.69) is 34.8 Å². The number of aryl methyl sites for hydroxylation is 1. The number of piperidine rings is 1. The smallest absolute Gasteiger partial charge is 0.251 e. The first-order valence-corrected chi connectivity index (χ1v) is 9.25. The van der Waals surface area contributed by atoms with Crippen LogP contribution in [0.15, 0.2) is 29.3 Å². The van der Waals surface area contributed by atoms with Crippen molar-refractivity contribution in [2.24, 2.45) is 11.8 Å². The minimum Gasteiger partial charge on any atom is -0.312 e. The molecule has 0 amide bonds. The lowest BCUT2D eigenvalue weighted by molar-refractivity contribution is 0.109. The highest BCUT2D eigenvalue weighted by atomic mass is 16.1. The molecule has 132 valence electrons. The molecule has 0 aromatic carbocycles. The zero-order chi connectivity index (χ0) is 17.6. The lowest BCUT2D eigenvalue weighted by atomic mass is 9.82. The second kappa shape index (κ2) is 6.37. The van der Waals surface area contributed by atoms with Crippen molar-refractivity contribution in [1.82, 2.24) is 19.4 Å². The summed E-state index contributed by atoms with van der Waals surface area (Å²) in [6.07, 6.45) is 4.82. The number of pyridine rings is 1. The quantitative estimate of drug-likeness (QED) is 0.863. The van der Waals surface area contributed by atoms with Crippen LogP contribution in [0.25, 0.3) is 11.1 Å². The van der Waals surface area contributed by atoms with Crippen LogP contribution >= 0.6 is 0 Å². The molecule has 5 heteroatoms. The Labute approximate surface area is 148 Å². The summed E-state index contributed by atoms with van der Waals surface area (Å²) in [6.45, 7) is 10.6. The molecule has 2 aliphatic heterocycles. The van der Waals surface area contributed by atoms with Gasteiger partial charge in [-0.3, -0.25) is 4.79 Å². The highest BCUT2D eigenvalue weighted by molar-refractivity contribution is 5.61. The molecule has 2 atom stereocenters. The Hall–Kier alpha value is -2.01. The van der Waals surface area contributed by atoms with Crippen LogP contribution < -0.4 is 5.56 Å². The van der Waals surface area contributed by atoms with E-state index in [1.54, 1.807) is 6.07 Å². The summed E-state index contributed by atoms with van der Waals surface area (Å²) >= 11 is 0. The van der Waals surface area contributed by atoms with E-state index >= 15 is 0 Å². The van der Waals surface area contributed by atoms with Gasteiger partial charge in [-0.2, -0.15) is 0 Å². The van der Waals surface area contributed by atoms with Gasteiger partial charge in [0.15, 0.2) is 0 Å². The number of hydrogen-bond acceptors (Lipinski definition) is 4. The minimum atomic E-state index is 0.111. The Morgan fingerprint density at radius 2 is 1.88 bits per heavy atom. The van der Waals surface area contributed by atoms with Crippen LogP contribution in [0.5, 0.6) is 0 Å². The standard InChI is InChI=1S/C20H26N4O/c1-13(2)9-23-10-15-4-17(12-23)19-5-16(6-20(25)24(19)11-15)18-7-21-14(3)22-8-18/h5-8,13,15,17H,4,9-12H2,1-3H3/t15-,17+/m0/s1. The van der Waals surface area contributed by atoms with Crippen molar-refractivity contribution in [2.75, 3.05) is 19.6 Å². The predicted molar refractivity (Wildman–Crippen MR) is 98.6 cm³/mol. The van der Waals surface area contributed by atoms with Gasteiger partial charge in [0.25, 0.3) is 5.56 Å². The second-order valence-electron chi connectivity index (χ2n) is 8.05. The van der Waals surface area contributed by atoms with Crippen molar-refractivity contribution < 1.29 is 0 Å². The second-order valence-corrected chi connectivity index (χ2v) is 8.05. The first-order valence-electron chi connectivity index (χ1n) is 9.25. The largest absolute Gasteiger partial charge is 0.312 e. The third-order valence-electron chi connectivity index (χ3n) is 5.37. The third kappa shape index (κ3) is 3.25. The molecule has 4 heterocycles. The van der Waals surface area contributed by atoms with E-state index in [1.165, 1.54) is 12.1 Å². The van der Waals surface area contributed by atoms with Crippen molar-refractivity contribution in [3.63, 3.8) is 0 Å². The molecule has 25 heavy (non-hydrogen) atoms. The fraction of sp³-hybridized carbons (Fsp3) is 0.550. The Kier molecular flexibility index (Phi) is 4.20. The van der Waals surface area contributed by atoms with Gasteiger partial charge in [-0.15, -0.1) is 0 Å². The third-order valence-corrected chi connectivity index (χ3v) is 5.37. The van der Waals surface area contributed by atoms with Gasteiger partial charge < -0.3 is 9.47 Å². The molecular formula is C20H26N4O. The number of likely N-dealkylation sites (tertiary alicyclic amines) is 1. The van der Waals surface area contributed by atoms with Crippen molar-refractivity contribution in [3.8, 4) is 11.1 Å². The summed E-state index contributed by atoms with van der Waals surface area (Å²) in [4.78, 5) is 23.9. The number of aromatic nitrogens is 3. The van der Waals surface area contributed by atoms with Gasteiger partial charge >= 0.3 is 0 Å². The SMILES string of the molecule is Cc1ncc(-c2cc3n(c(=O)c2)C[C@H]2C[C@@H]3CN(CC(C)C)C2)cn1. The van der Waals surface area contributed by atoms with Crippen LogP contribution in [-0.4, -0.2) is 39.1 Å². The monoisotopic (exact) mass is 338 g/mol. The van der Waals surface area contributed by atoms with Crippen molar-refractivity contribution in [1.29, 1.82) is 0 Å². The molecule has 0 radical (unpaired) electrons. The molecule has 0 spiro atoms. The fourth-order valence-corrected chi connectivity index (χ4v) is 4.43. The summed E-state index contributed by atoms with van der Waals surface area (Å²) in [7, 11) is 0. The molecule has 2 aromatic heterocycles. The van der Waals surface area contributed by atoms with Gasteiger partial charge in [0, 0.05) is 61.8 Å². The highest BCUT2D eigenvalue weighted by Gasteiger charge is 2.34. The van der Waals surface area contributed by atoms with Crippen molar-refractivity contribution in [3.05, 3.63) is 46.4 Å². The maximum absolute atomic E-state index is 12.7. The van der Waals surface area contributed by atoms with Crippen LogP contribution in [0.4, 0.5) is 0 Å². The van der Waals surface area contributed by atoms with Crippen LogP contribution in [0.1, 0.15) is 37.7 Å². The normalized spacial score (nSPS) is 22.9. The Bertz CT molecular complexity index is 825. The molecule has 2 aromatic rings. The van der Waals surface area contributed by atoms with Gasteiger partial charge in [-0.1, -0.05) is 13.8 Å². The van der Waals surface area contributed by atoms with E-state index in [4.69, 9.17) is 0 Å². The van der Waals surface area contributed by atoms with E-state index in [0.717, 1.165) is 43.1 Å². The maximum atomic E-state index is 12.7. The van der Waals surface area contributed by atoms with E-state index in [0.29, 0.717) is 17.8 Å². The molecule has 0 saturated carbocycles. The summed E-state index contributed by atoms with van der Waals surface area (Å²) in [6, 6.07) is 3.93. The summed E-state index contributed by atoms with van der Waals surface area (Å²) < 4.78 is 2.00. The minimum absolute atomic E-state index is 0.111. The van der Waals surface area contributed by atoms with E-state index in [9.17, 15) is 4.79 Å². The van der Waals surface area contributed by atoms with Gasteiger partial charge in [0.05, 0.1) is 0 Å². The predicted octanol–water partition coefficient (Wildman–Crippen LogP) is 2.69. The molecule has 0 unspecified atom stereocenters. The van der Waals surface area contributed by atoms with Gasteiger partial charge in [-0.05, 0) is 36.8 Å². The molecule has 5 nitrogen and oxygen atoms in total. The summed E-state index contributed by atoms with van der Waals surface area (Å²) in [5, 5.41) is 0. The summed E-state index contributed by atoms with van der Waals surface area (Å²) in [5.41, 5.74) is 3.16. The molecule has 4 rings (SSSR count). The molecular weight excluding hydrogens is 312 g/mol. The fourth-order valence-electron chi connectivity index (χ4n) is 4.43. The van der Waals surface area contributed by atoms with Gasteiger partial charge in [-0.25, -0.2) is 9.97 Å². The van der Waals surface area contributed by atoms with E-state index < -0.39 is 0 Å². The topological polar surface area (TPSA) is 51.0 Å². The first-order chi connectivity index (χ1) is 12.0. The molecule has 1 fully saturated rings. The zero-order valence-corrected chi connectivity index (χ0v) is 15.3. The molecule has 1 saturated heterocycles.